The molecule has 124 valence electrons. The number of aliphatic hydroxyl groups excluding tert-OH is 1. The number of hydrogen-bond donors (Lipinski definition) is 3. The number of hydrogen-bond acceptors (Lipinski definition) is 5. The summed E-state index contributed by atoms with van der Waals surface area (Å²) in [5, 5.41) is 15.1. The van der Waals surface area contributed by atoms with E-state index in [0.717, 1.165) is 36.5 Å². The van der Waals surface area contributed by atoms with Crippen molar-refractivity contribution in [2.75, 3.05) is 24.2 Å². The van der Waals surface area contributed by atoms with Crippen LogP contribution < -0.4 is 10.6 Å². The number of halogens is 1. The predicted octanol–water partition coefficient (Wildman–Crippen LogP) is 2.06. The number of anilines is 1. The van der Waals surface area contributed by atoms with Gasteiger partial charge in [-0.1, -0.05) is 0 Å². The first kappa shape index (κ1) is 19.2. The first-order chi connectivity index (χ1) is 10.2. The zero-order chi connectivity index (χ0) is 15.1. The highest BCUT2D eigenvalue weighted by Gasteiger charge is 2.24. The van der Waals surface area contributed by atoms with Crippen LogP contribution in [0.5, 0.6) is 0 Å². The van der Waals surface area contributed by atoms with Gasteiger partial charge in [0.25, 0.3) is 0 Å². The van der Waals surface area contributed by atoms with Gasteiger partial charge in [-0.15, -0.1) is 12.4 Å². The number of nitrogens with one attached hydrogen (secondary N) is 2. The molecule has 2 heterocycles. The zero-order valence-corrected chi connectivity index (χ0v) is 14.4. The molecule has 2 atom stereocenters. The lowest BCUT2D eigenvalue weighted by Crippen LogP contribution is -2.40. The van der Waals surface area contributed by atoms with E-state index in [0.29, 0.717) is 11.9 Å². The fourth-order valence-electron chi connectivity index (χ4n) is 2.49. The van der Waals surface area contributed by atoms with Gasteiger partial charge in [-0.3, -0.25) is 4.79 Å². The molecule has 2 rings (SSSR count). The number of carbonyl (C=O) groups excluding carboxylic acids is 1. The highest BCUT2D eigenvalue weighted by molar-refractivity contribution is 7.98. The van der Waals surface area contributed by atoms with E-state index in [4.69, 9.17) is 5.11 Å². The number of amides is 1. The van der Waals surface area contributed by atoms with Gasteiger partial charge in [-0.05, 0) is 44.0 Å². The third-order valence-corrected chi connectivity index (χ3v) is 4.58. The molecule has 0 bridgehead atoms. The van der Waals surface area contributed by atoms with E-state index in [2.05, 4.69) is 22.5 Å². The van der Waals surface area contributed by atoms with E-state index in [-0.39, 0.29) is 30.8 Å². The Labute approximate surface area is 142 Å². The Morgan fingerprint density at radius 1 is 1.59 bits per heavy atom. The lowest BCUT2D eigenvalue weighted by Gasteiger charge is -2.26. The number of carbonyl (C=O) groups is 1. The molecule has 1 amide bonds. The normalized spacial score (nSPS) is 21.0. The summed E-state index contributed by atoms with van der Waals surface area (Å²) in [5.74, 6) is 2.28. The Hall–Kier alpha value is -0.820. The summed E-state index contributed by atoms with van der Waals surface area (Å²) < 4.78 is 0. The van der Waals surface area contributed by atoms with Crippen molar-refractivity contribution < 1.29 is 9.90 Å². The van der Waals surface area contributed by atoms with E-state index in [9.17, 15) is 4.79 Å². The number of thioether (sulfide) groups is 1. The van der Waals surface area contributed by atoms with E-state index in [1.807, 2.05) is 12.1 Å². The van der Waals surface area contributed by atoms with Crippen LogP contribution in [0.2, 0.25) is 0 Å². The predicted molar refractivity (Wildman–Crippen MR) is 93.6 cm³/mol. The van der Waals surface area contributed by atoms with Crippen LogP contribution in [0.1, 0.15) is 25.3 Å². The summed E-state index contributed by atoms with van der Waals surface area (Å²) in [6.07, 6.45) is 3.47. The van der Waals surface area contributed by atoms with Crippen LogP contribution in [-0.4, -0.2) is 40.9 Å². The molecular weight excluding hydrogens is 322 g/mol. The highest BCUT2D eigenvalue weighted by atomic mass is 35.5. The summed E-state index contributed by atoms with van der Waals surface area (Å²) in [4.78, 5) is 16.5. The maximum atomic E-state index is 12.3. The van der Waals surface area contributed by atoms with Crippen molar-refractivity contribution in [3.8, 4) is 0 Å². The average Bonchev–Trinajstić information content (AvgIpc) is 2.48. The second-order valence-corrected chi connectivity index (χ2v) is 6.50. The molecule has 0 unspecified atom stereocenters. The number of aliphatic hydroxyl groups is 1. The van der Waals surface area contributed by atoms with E-state index in [1.54, 1.807) is 18.0 Å². The van der Waals surface area contributed by atoms with Crippen LogP contribution in [0.25, 0.3) is 0 Å². The molecule has 1 aromatic heterocycles. The second-order valence-electron chi connectivity index (χ2n) is 5.39. The number of aromatic nitrogens is 1. The Kier molecular flexibility index (Phi) is 8.78. The number of pyridine rings is 1. The molecule has 1 fully saturated rings. The largest absolute Gasteiger partial charge is 0.396 e. The minimum Gasteiger partial charge on any atom is -0.396 e. The molecule has 0 radical (unpaired) electrons. The fraction of sp³-hybridized carbons (Fsp3) is 0.600. The van der Waals surface area contributed by atoms with Gasteiger partial charge in [0.2, 0.25) is 5.91 Å². The van der Waals surface area contributed by atoms with Gasteiger partial charge in [0.15, 0.2) is 0 Å². The van der Waals surface area contributed by atoms with Crippen LogP contribution in [0.4, 0.5) is 5.82 Å². The van der Waals surface area contributed by atoms with Crippen molar-refractivity contribution in [3.63, 3.8) is 0 Å². The standard InChI is InChI=1S/C15H23N3O2S.ClH/c1-11-8-13(3-5-16-11)15(20)18-14-9-12(2-4-17-14)10-21-7-6-19;/h2,4,9,11,13,16,19H,3,5-8,10H2,1H3,(H,17,18,20);1H/t11-,13-;/m0./s1. The van der Waals surface area contributed by atoms with Gasteiger partial charge in [-0.25, -0.2) is 4.98 Å². The monoisotopic (exact) mass is 345 g/mol. The molecule has 0 saturated carbocycles. The van der Waals surface area contributed by atoms with E-state index < -0.39 is 0 Å². The zero-order valence-electron chi connectivity index (χ0n) is 12.7. The Morgan fingerprint density at radius 2 is 2.41 bits per heavy atom. The van der Waals surface area contributed by atoms with Gasteiger partial charge in [-0.2, -0.15) is 11.8 Å². The van der Waals surface area contributed by atoms with Crippen molar-refractivity contribution in [3.05, 3.63) is 23.9 Å². The third kappa shape index (κ3) is 6.12. The molecule has 1 aromatic rings. The van der Waals surface area contributed by atoms with Gasteiger partial charge in [0.1, 0.15) is 5.82 Å². The average molecular weight is 346 g/mol. The maximum Gasteiger partial charge on any atom is 0.228 e. The van der Waals surface area contributed by atoms with Crippen LogP contribution in [0.15, 0.2) is 18.3 Å². The second kappa shape index (κ2) is 10.0. The number of rotatable bonds is 6. The lowest BCUT2D eigenvalue weighted by molar-refractivity contribution is -0.120. The summed E-state index contributed by atoms with van der Waals surface area (Å²) >= 11 is 1.66. The van der Waals surface area contributed by atoms with Crippen LogP contribution in [0, 0.1) is 5.92 Å². The number of piperidine rings is 1. The van der Waals surface area contributed by atoms with Gasteiger partial charge in [0, 0.05) is 29.7 Å². The van der Waals surface area contributed by atoms with Crippen molar-refractivity contribution in [1.29, 1.82) is 0 Å². The van der Waals surface area contributed by atoms with Crippen LogP contribution in [0.3, 0.4) is 0 Å². The minimum atomic E-state index is 0. The fourth-order valence-corrected chi connectivity index (χ4v) is 3.17. The molecule has 1 aliphatic heterocycles. The van der Waals surface area contributed by atoms with Gasteiger partial charge in [0.05, 0.1) is 6.61 Å². The van der Waals surface area contributed by atoms with E-state index in [1.165, 1.54) is 0 Å². The van der Waals surface area contributed by atoms with Crippen LogP contribution in [-0.2, 0) is 10.5 Å². The first-order valence-electron chi connectivity index (χ1n) is 7.37. The summed E-state index contributed by atoms with van der Waals surface area (Å²) in [7, 11) is 0. The van der Waals surface area contributed by atoms with Gasteiger partial charge >= 0.3 is 0 Å². The van der Waals surface area contributed by atoms with Crippen molar-refractivity contribution >= 4 is 35.9 Å². The van der Waals surface area contributed by atoms with E-state index >= 15 is 0 Å². The SMILES string of the molecule is C[C@H]1C[C@@H](C(=O)Nc2cc(CSCCO)ccn2)CCN1.Cl. The molecule has 7 heteroatoms. The molecule has 0 aromatic carbocycles. The maximum absolute atomic E-state index is 12.3. The highest BCUT2D eigenvalue weighted by Crippen LogP contribution is 2.19. The molecule has 5 nitrogen and oxygen atoms in total. The Bertz CT molecular complexity index is 476. The lowest BCUT2D eigenvalue weighted by atomic mass is 9.92. The molecule has 0 aliphatic carbocycles. The molecule has 22 heavy (non-hydrogen) atoms. The van der Waals surface area contributed by atoms with Crippen molar-refractivity contribution in [2.45, 2.75) is 31.6 Å². The number of nitrogens with zero attached hydrogens (tertiary/aromatic N) is 1. The van der Waals surface area contributed by atoms with Crippen molar-refractivity contribution in [2.24, 2.45) is 5.92 Å². The third-order valence-electron chi connectivity index (χ3n) is 3.57. The molecule has 1 aliphatic rings. The van der Waals surface area contributed by atoms with Crippen LogP contribution >= 0.6 is 24.2 Å². The molecule has 3 N–H and O–H groups in total. The molecule has 0 spiro atoms. The Balaban J connectivity index is 0.00000242. The Morgan fingerprint density at radius 3 is 3.14 bits per heavy atom. The quantitative estimate of drug-likeness (QED) is 0.688. The summed E-state index contributed by atoms with van der Waals surface area (Å²) in [6, 6.07) is 4.24. The first-order valence-corrected chi connectivity index (χ1v) is 8.52. The topological polar surface area (TPSA) is 74.2 Å². The smallest absolute Gasteiger partial charge is 0.228 e. The molecular formula is C15H24ClN3O2S. The minimum absolute atomic E-state index is 0. The molecule has 1 saturated heterocycles. The van der Waals surface area contributed by atoms with Gasteiger partial charge < -0.3 is 15.7 Å². The van der Waals surface area contributed by atoms with Crippen molar-refractivity contribution in [1.82, 2.24) is 10.3 Å². The summed E-state index contributed by atoms with van der Waals surface area (Å²) in [5.41, 5.74) is 1.11. The summed E-state index contributed by atoms with van der Waals surface area (Å²) in [6.45, 7) is 3.19.